The number of carbonyl (C=O) groups excluding carboxylic acids is 1. The molecule has 0 saturated carbocycles. The number of hydrogen-bond donors (Lipinski definition) is 1. The third-order valence-electron chi connectivity index (χ3n) is 4.59. The predicted molar refractivity (Wildman–Crippen MR) is 111 cm³/mol. The van der Waals surface area contributed by atoms with Gasteiger partial charge in [-0.1, -0.05) is 0 Å². The number of methoxy groups -OCH3 is 1. The molecule has 3 rings (SSSR count). The molecule has 1 aromatic heterocycles. The van der Waals surface area contributed by atoms with Gasteiger partial charge in [0.1, 0.15) is 11.6 Å². The number of anilines is 2. The Morgan fingerprint density at radius 1 is 1.21 bits per heavy atom. The summed E-state index contributed by atoms with van der Waals surface area (Å²) in [5.41, 5.74) is 0.525. The van der Waals surface area contributed by atoms with Gasteiger partial charge in [-0.3, -0.25) is 4.79 Å². The van der Waals surface area contributed by atoms with Crippen molar-refractivity contribution in [3.63, 3.8) is 0 Å². The Morgan fingerprint density at radius 2 is 1.90 bits per heavy atom. The first-order valence-corrected chi connectivity index (χ1v) is 11.1. The van der Waals surface area contributed by atoms with E-state index in [4.69, 9.17) is 9.47 Å². The fraction of sp³-hybridized carbons (Fsp3) is 0.400. The van der Waals surface area contributed by atoms with Crippen LogP contribution in [-0.2, 0) is 14.6 Å². The molecule has 2 aromatic rings. The number of nitrogens with one attached hydrogen (secondary N) is 1. The molecule has 1 aliphatic heterocycles. The molecule has 156 valence electrons. The number of carbonyl (C=O) groups is 1. The van der Waals surface area contributed by atoms with Crippen molar-refractivity contribution in [2.75, 3.05) is 36.7 Å². The van der Waals surface area contributed by atoms with Crippen LogP contribution in [0.3, 0.4) is 0 Å². The second kappa shape index (κ2) is 8.38. The van der Waals surface area contributed by atoms with E-state index in [-0.39, 0.29) is 22.8 Å². The summed E-state index contributed by atoms with van der Waals surface area (Å²) in [6, 6.07) is 7.93. The van der Waals surface area contributed by atoms with Gasteiger partial charge in [-0.05, 0) is 38.1 Å². The highest BCUT2D eigenvalue weighted by atomic mass is 32.2. The van der Waals surface area contributed by atoms with Gasteiger partial charge in [0, 0.05) is 31.6 Å². The number of hydrogen-bond acceptors (Lipinski definition) is 7. The molecule has 0 radical (unpaired) electrons. The quantitative estimate of drug-likeness (QED) is 0.794. The van der Waals surface area contributed by atoms with Crippen LogP contribution >= 0.6 is 0 Å². The summed E-state index contributed by atoms with van der Waals surface area (Å²) in [6.07, 6.45) is 2.78. The maximum absolute atomic E-state index is 12.6. The molecular weight excluding hydrogens is 394 g/mol. The number of ether oxygens (including phenoxy) is 2. The van der Waals surface area contributed by atoms with Crippen LogP contribution < -0.4 is 15.0 Å². The highest BCUT2D eigenvalue weighted by Crippen LogP contribution is 2.27. The second-order valence-corrected chi connectivity index (χ2v) is 9.14. The molecule has 1 aliphatic rings. The van der Waals surface area contributed by atoms with Crippen molar-refractivity contribution in [3.8, 4) is 5.75 Å². The highest BCUT2D eigenvalue weighted by molar-refractivity contribution is 7.90. The first-order chi connectivity index (χ1) is 13.7. The van der Waals surface area contributed by atoms with Crippen molar-refractivity contribution in [1.29, 1.82) is 0 Å². The number of rotatable bonds is 5. The zero-order chi connectivity index (χ0) is 21.2. The molecular formula is C20H25N3O5S. The summed E-state index contributed by atoms with van der Waals surface area (Å²) in [6.45, 7) is 5.48. The molecule has 2 atom stereocenters. The van der Waals surface area contributed by atoms with Gasteiger partial charge in [-0.2, -0.15) is 0 Å². The van der Waals surface area contributed by atoms with Gasteiger partial charge in [-0.25, -0.2) is 13.4 Å². The maximum atomic E-state index is 12.6. The lowest BCUT2D eigenvalue weighted by atomic mass is 10.2. The summed E-state index contributed by atoms with van der Waals surface area (Å²) in [5.74, 6) is 0.719. The van der Waals surface area contributed by atoms with E-state index in [9.17, 15) is 13.2 Å². The van der Waals surface area contributed by atoms with Gasteiger partial charge >= 0.3 is 0 Å². The summed E-state index contributed by atoms with van der Waals surface area (Å²) < 4.78 is 35.0. The summed E-state index contributed by atoms with van der Waals surface area (Å²) >= 11 is 0. The SMILES string of the molecule is COc1ccc(NC(=O)c2ccc(N3CC(C)OC(C)C3)nc2)c(S(C)(=O)=O)c1. The van der Waals surface area contributed by atoms with Crippen LogP contribution in [0.25, 0.3) is 0 Å². The molecule has 0 spiro atoms. The normalized spacial score (nSPS) is 19.7. The van der Waals surface area contributed by atoms with E-state index in [1.165, 1.54) is 25.4 Å². The largest absolute Gasteiger partial charge is 0.497 e. The zero-order valence-corrected chi connectivity index (χ0v) is 17.7. The molecule has 1 N–H and O–H groups in total. The Bertz CT molecular complexity index is 982. The van der Waals surface area contributed by atoms with Crippen LogP contribution in [0.2, 0.25) is 0 Å². The Kier molecular flexibility index (Phi) is 6.09. The molecule has 1 amide bonds. The van der Waals surface area contributed by atoms with E-state index in [0.717, 1.165) is 25.2 Å². The van der Waals surface area contributed by atoms with E-state index < -0.39 is 15.7 Å². The first-order valence-electron chi connectivity index (χ1n) is 9.23. The van der Waals surface area contributed by atoms with E-state index >= 15 is 0 Å². The van der Waals surface area contributed by atoms with Crippen molar-refractivity contribution in [2.24, 2.45) is 0 Å². The lowest BCUT2D eigenvalue weighted by Crippen LogP contribution is -2.45. The molecule has 0 bridgehead atoms. The number of pyridine rings is 1. The van der Waals surface area contributed by atoms with Crippen LogP contribution in [0.15, 0.2) is 41.4 Å². The molecule has 9 heteroatoms. The summed E-state index contributed by atoms with van der Waals surface area (Å²) in [7, 11) is -2.11. The van der Waals surface area contributed by atoms with Crippen LogP contribution in [0.1, 0.15) is 24.2 Å². The lowest BCUT2D eigenvalue weighted by Gasteiger charge is -2.36. The van der Waals surface area contributed by atoms with Gasteiger partial charge in [0.25, 0.3) is 5.91 Å². The minimum absolute atomic E-state index is 0.00827. The number of morpholine rings is 1. The van der Waals surface area contributed by atoms with Gasteiger partial charge in [0.15, 0.2) is 9.84 Å². The molecule has 1 saturated heterocycles. The van der Waals surface area contributed by atoms with E-state index in [0.29, 0.717) is 11.3 Å². The van der Waals surface area contributed by atoms with E-state index in [1.807, 2.05) is 13.8 Å². The first kappa shape index (κ1) is 21.1. The van der Waals surface area contributed by atoms with Crippen LogP contribution in [0, 0.1) is 0 Å². The van der Waals surface area contributed by atoms with Crippen LogP contribution in [0.5, 0.6) is 5.75 Å². The minimum atomic E-state index is -3.55. The molecule has 2 unspecified atom stereocenters. The lowest BCUT2D eigenvalue weighted by molar-refractivity contribution is -0.00546. The van der Waals surface area contributed by atoms with Crippen molar-refractivity contribution in [2.45, 2.75) is 31.0 Å². The van der Waals surface area contributed by atoms with Crippen molar-refractivity contribution >= 4 is 27.2 Å². The Labute approximate surface area is 170 Å². The molecule has 0 aliphatic carbocycles. The van der Waals surface area contributed by atoms with Gasteiger partial charge in [0.2, 0.25) is 0 Å². The van der Waals surface area contributed by atoms with E-state index in [1.54, 1.807) is 18.2 Å². The van der Waals surface area contributed by atoms with Crippen molar-refractivity contribution in [1.82, 2.24) is 4.98 Å². The fourth-order valence-corrected chi connectivity index (χ4v) is 4.16. The summed E-state index contributed by atoms with van der Waals surface area (Å²) in [4.78, 5) is 19.1. The average molecular weight is 420 g/mol. The Hall–Kier alpha value is -2.65. The highest BCUT2D eigenvalue weighted by Gasteiger charge is 2.23. The van der Waals surface area contributed by atoms with E-state index in [2.05, 4.69) is 15.2 Å². The maximum Gasteiger partial charge on any atom is 0.257 e. The topological polar surface area (TPSA) is 97.8 Å². The molecule has 1 fully saturated rings. The smallest absolute Gasteiger partial charge is 0.257 e. The third-order valence-corrected chi connectivity index (χ3v) is 5.73. The number of benzene rings is 1. The number of nitrogens with zero attached hydrogens (tertiary/aromatic N) is 2. The van der Waals surface area contributed by atoms with Gasteiger partial charge in [0.05, 0.1) is 35.5 Å². The van der Waals surface area contributed by atoms with Gasteiger partial charge < -0.3 is 19.7 Å². The standard InChI is InChI=1S/C20H25N3O5S/c1-13-11-23(12-14(2)28-13)19-8-5-15(10-21-19)20(24)22-17-7-6-16(27-3)9-18(17)29(4,25)26/h5-10,13-14H,11-12H2,1-4H3,(H,22,24). The molecule has 1 aromatic carbocycles. The van der Waals surface area contributed by atoms with Crippen molar-refractivity contribution < 1.29 is 22.7 Å². The molecule has 2 heterocycles. The average Bonchev–Trinajstić information content (AvgIpc) is 2.66. The number of aromatic nitrogens is 1. The second-order valence-electron chi connectivity index (χ2n) is 7.16. The Morgan fingerprint density at radius 3 is 2.45 bits per heavy atom. The molecule has 8 nitrogen and oxygen atoms in total. The monoisotopic (exact) mass is 419 g/mol. The number of sulfone groups is 1. The number of amides is 1. The van der Waals surface area contributed by atoms with Crippen LogP contribution in [-0.4, -0.2) is 58.0 Å². The Balaban J connectivity index is 1.78. The zero-order valence-electron chi connectivity index (χ0n) is 16.9. The fourth-order valence-electron chi connectivity index (χ4n) is 3.31. The third kappa shape index (κ3) is 5.04. The summed E-state index contributed by atoms with van der Waals surface area (Å²) in [5, 5.41) is 2.65. The van der Waals surface area contributed by atoms with Crippen LogP contribution in [0.4, 0.5) is 11.5 Å². The predicted octanol–water partition coefficient (Wildman–Crippen LogP) is 2.36. The van der Waals surface area contributed by atoms with Crippen molar-refractivity contribution in [3.05, 3.63) is 42.1 Å². The molecule has 29 heavy (non-hydrogen) atoms. The minimum Gasteiger partial charge on any atom is -0.497 e. The van der Waals surface area contributed by atoms with Gasteiger partial charge in [-0.15, -0.1) is 0 Å².